The molecule has 1 aliphatic heterocycles. The van der Waals surface area contributed by atoms with Crippen molar-refractivity contribution in [3.8, 4) is 0 Å². The van der Waals surface area contributed by atoms with Crippen LogP contribution in [0.1, 0.15) is 11.6 Å². The lowest BCUT2D eigenvalue weighted by molar-refractivity contribution is -0.143. The second-order valence-corrected chi connectivity index (χ2v) is 5.03. The molecule has 1 aliphatic rings. The average Bonchev–Trinajstić information content (AvgIpc) is 2.48. The number of hydrogen-bond donors (Lipinski definition) is 1. The normalized spacial score (nSPS) is 21.4. The van der Waals surface area contributed by atoms with Crippen molar-refractivity contribution in [2.24, 2.45) is 0 Å². The molecule has 5 nitrogen and oxygen atoms in total. The Kier molecular flexibility index (Phi) is 5.52. The number of benzene rings is 1. The maximum absolute atomic E-state index is 11.9. The molecule has 0 spiro atoms. The Labute approximate surface area is 119 Å². The highest BCUT2D eigenvalue weighted by atomic mass is 16.5. The Morgan fingerprint density at radius 2 is 2.25 bits per heavy atom. The van der Waals surface area contributed by atoms with Crippen LogP contribution in [0.25, 0.3) is 0 Å². The van der Waals surface area contributed by atoms with Crippen molar-refractivity contribution in [3.05, 3.63) is 35.9 Å². The number of carbonyl (C=O) groups is 1. The van der Waals surface area contributed by atoms with Gasteiger partial charge in [-0.2, -0.15) is 0 Å². The molecule has 1 aromatic rings. The monoisotopic (exact) mass is 278 g/mol. The smallest absolute Gasteiger partial charge is 0.327 e. The topological polar surface area (TPSA) is 50.8 Å². The van der Waals surface area contributed by atoms with Gasteiger partial charge in [0.05, 0.1) is 19.8 Å². The maximum atomic E-state index is 11.9. The lowest BCUT2D eigenvalue weighted by Gasteiger charge is -2.31. The molecule has 2 rings (SSSR count). The van der Waals surface area contributed by atoms with E-state index in [-0.39, 0.29) is 12.1 Å². The minimum Gasteiger partial charge on any atom is -0.468 e. The lowest BCUT2D eigenvalue weighted by Crippen LogP contribution is -2.46. The van der Waals surface area contributed by atoms with Gasteiger partial charge >= 0.3 is 5.97 Å². The first-order valence-corrected chi connectivity index (χ1v) is 6.87. The largest absolute Gasteiger partial charge is 0.468 e. The van der Waals surface area contributed by atoms with Crippen molar-refractivity contribution < 1.29 is 14.3 Å². The Bertz CT molecular complexity index is 424. The molecule has 1 aromatic carbocycles. The quantitative estimate of drug-likeness (QED) is 0.808. The molecule has 110 valence electrons. The lowest BCUT2D eigenvalue weighted by atomic mass is 10.1. The van der Waals surface area contributed by atoms with E-state index in [1.54, 1.807) is 0 Å². The highest BCUT2D eigenvalue weighted by Gasteiger charge is 2.24. The second kappa shape index (κ2) is 7.38. The van der Waals surface area contributed by atoms with Crippen LogP contribution in [0.2, 0.25) is 0 Å². The minimum atomic E-state index is -0.447. The van der Waals surface area contributed by atoms with E-state index >= 15 is 0 Å². The summed E-state index contributed by atoms with van der Waals surface area (Å²) < 4.78 is 10.6. The third-order valence-electron chi connectivity index (χ3n) is 3.46. The number of rotatable bonds is 5. The van der Waals surface area contributed by atoms with Crippen molar-refractivity contribution >= 4 is 5.97 Å². The van der Waals surface area contributed by atoms with E-state index in [4.69, 9.17) is 9.47 Å². The summed E-state index contributed by atoms with van der Waals surface area (Å²) in [5.74, 6) is -0.277. The van der Waals surface area contributed by atoms with Crippen molar-refractivity contribution in [2.75, 3.05) is 40.4 Å². The zero-order valence-electron chi connectivity index (χ0n) is 12.0. The molecular formula is C15H22N2O3. The molecule has 1 heterocycles. The summed E-state index contributed by atoms with van der Waals surface area (Å²) in [5, 5.41) is 3.25. The summed E-state index contributed by atoms with van der Waals surface area (Å²) in [6.07, 6.45) is 0.101. The van der Waals surface area contributed by atoms with Crippen LogP contribution >= 0.6 is 0 Å². The Hall–Kier alpha value is -1.43. The zero-order chi connectivity index (χ0) is 14.4. The summed E-state index contributed by atoms with van der Waals surface area (Å²) in [6, 6.07) is 9.15. The fourth-order valence-electron chi connectivity index (χ4n) is 2.34. The van der Waals surface area contributed by atoms with Gasteiger partial charge in [0.2, 0.25) is 0 Å². The summed E-state index contributed by atoms with van der Waals surface area (Å²) in [7, 11) is 3.48. The van der Waals surface area contributed by atoms with Gasteiger partial charge in [0, 0.05) is 19.6 Å². The predicted octanol–water partition coefficient (Wildman–Crippen LogP) is 0.821. The van der Waals surface area contributed by atoms with Gasteiger partial charge in [-0.3, -0.25) is 5.32 Å². The Morgan fingerprint density at radius 1 is 1.50 bits per heavy atom. The Morgan fingerprint density at radius 3 is 2.90 bits per heavy atom. The number of hydrogen-bond acceptors (Lipinski definition) is 5. The molecule has 1 N–H and O–H groups in total. The molecule has 2 atom stereocenters. The molecule has 2 unspecified atom stereocenters. The van der Waals surface area contributed by atoms with E-state index in [0.717, 1.165) is 25.3 Å². The molecule has 20 heavy (non-hydrogen) atoms. The number of carbonyl (C=O) groups excluding carboxylic acids is 1. The molecule has 0 radical (unpaired) electrons. The average molecular weight is 278 g/mol. The number of ether oxygens (including phenoxy) is 2. The third kappa shape index (κ3) is 4.03. The van der Waals surface area contributed by atoms with Gasteiger partial charge in [-0.15, -0.1) is 0 Å². The second-order valence-electron chi connectivity index (χ2n) is 5.03. The molecule has 0 aromatic heterocycles. The predicted molar refractivity (Wildman–Crippen MR) is 76.4 cm³/mol. The Balaban J connectivity index is 1.96. The van der Waals surface area contributed by atoms with Gasteiger partial charge in [0.15, 0.2) is 0 Å². The molecule has 0 aliphatic carbocycles. The van der Waals surface area contributed by atoms with Crippen LogP contribution in [0, 0.1) is 0 Å². The van der Waals surface area contributed by atoms with E-state index in [1.807, 2.05) is 30.3 Å². The maximum Gasteiger partial charge on any atom is 0.327 e. The first kappa shape index (κ1) is 15.0. The van der Waals surface area contributed by atoms with Gasteiger partial charge in [-0.25, -0.2) is 4.79 Å². The molecular weight excluding hydrogens is 256 g/mol. The summed E-state index contributed by atoms with van der Waals surface area (Å²) in [5.41, 5.74) is 0.906. The number of methoxy groups -OCH3 is 1. The molecule has 5 heteroatoms. The van der Waals surface area contributed by atoms with Crippen molar-refractivity contribution in [3.63, 3.8) is 0 Å². The van der Waals surface area contributed by atoms with Crippen LogP contribution in [0.15, 0.2) is 30.3 Å². The molecule has 1 saturated heterocycles. The number of likely N-dealkylation sites (N-methyl/N-ethyl adjacent to an activating group) is 1. The van der Waals surface area contributed by atoms with E-state index in [0.29, 0.717) is 6.54 Å². The van der Waals surface area contributed by atoms with Crippen LogP contribution in [0.3, 0.4) is 0 Å². The highest BCUT2D eigenvalue weighted by molar-refractivity contribution is 5.77. The summed E-state index contributed by atoms with van der Waals surface area (Å²) in [4.78, 5) is 14.1. The van der Waals surface area contributed by atoms with Crippen molar-refractivity contribution in [1.29, 1.82) is 0 Å². The minimum absolute atomic E-state index is 0.101. The van der Waals surface area contributed by atoms with Gasteiger partial charge in [-0.05, 0) is 12.6 Å². The SMILES string of the molecule is COC(=O)C(NCC1CN(C)CCO1)c1ccccc1. The van der Waals surface area contributed by atoms with Crippen molar-refractivity contribution in [2.45, 2.75) is 12.1 Å². The van der Waals surface area contributed by atoms with Crippen LogP contribution in [-0.2, 0) is 14.3 Å². The molecule has 0 bridgehead atoms. The number of nitrogens with zero attached hydrogens (tertiary/aromatic N) is 1. The molecule has 0 saturated carbocycles. The van der Waals surface area contributed by atoms with Gasteiger partial charge in [0.1, 0.15) is 6.04 Å². The fourth-order valence-corrected chi connectivity index (χ4v) is 2.34. The highest BCUT2D eigenvalue weighted by Crippen LogP contribution is 2.14. The van der Waals surface area contributed by atoms with E-state index < -0.39 is 6.04 Å². The number of nitrogens with one attached hydrogen (secondary N) is 1. The van der Waals surface area contributed by atoms with Gasteiger partial charge in [-0.1, -0.05) is 30.3 Å². The third-order valence-corrected chi connectivity index (χ3v) is 3.46. The van der Waals surface area contributed by atoms with Gasteiger partial charge in [0.25, 0.3) is 0 Å². The fraction of sp³-hybridized carbons (Fsp3) is 0.533. The molecule has 0 amide bonds. The van der Waals surface area contributed by atoms with Gasteiger partial charge < -0.3 is 14.4 Å². The first-order valence-electron chi connectivity index (χ1n) is 6.87. The standard InChI is InChI=1S/C15H22N2O3/c1-17-8-9-20-13(11-17)10-16-14(15(18)19-2)12-6-4-3-5-7-12/h3-7,13-14,16H,8-11H2,1-2H3. The van der Waals surface area contributed by atoms with Crippen LogP contribution in [0.5, 0.6) is 0 Å². The summed E-state index contributed by atoms with van der Waals surface area (Å²) >= 11 is 0. The van der Waals surface area contributed by atoms with Crippen molar-refractivity contribution in [1.82, 2.24) is 10.2 Å². The van der Waals surface area contributed by atoms with E-state index in [1.165, 1.54) is 7.11 Å². The summed E-state index contributed by atoms with van der Waals surface area (Å²) in [6.45, 7) is 3.18. The zero-order valence-corrected chi connectivity index (χ0v) is 12.0. The van der Waals surface area contributed by atoms with Crippen LogP contribution in [-0.4, -0.2) is 57.4 Å². The van der Waals surface area contributed by atoms with Crippen LogP contribution in [0.4, 0.5) is 0 Å². The van der Waals surface area contributed by atoms with Crippen LogP contribution < -0.4 is 5.32 Å². The first-order chi connectivity index (χ1) is 9.70. The van der Waals surface area contributed by atoms with E-state index in [9.17, 15) is 4.79 Å². The number of morpholine rings is 1. The number of esters is 1. The molecule has 1 fully saturated rings. The van der Waals surface area contributed by atoms with E-state index in [2.05, 4.69) is 17.3 Å².